The molecule has 1 saturated carbocycles. The highest BCUT2D eigenvalue weighted by Crippen LogP contribution is 2.49. The van der Waals surface area contributed by atoms with Gasteiger partial charge in [0.25, 0.3) is 0 Å². The monoisotopic (exact) mass is 186 g/mol. The maximum atomic E-state index is 10.1. The Labute approximate surface area is 81.0 Å². The summed E-state index contributed by atoms with van der Waals surface area (Å²) >= 11 is 0. The molecule has 0 aromatic heterocycles. The molecule has 0 heterocycles. The summed E-state index contributed by atoms with van der Waals surface area (Å²) in [5, 5.41) is 19.4. The van der Waals surface area contributed by atoms with Gasteiger partial charge >= 0.3 is 0 Å². The minimum atomic E-state index is -0.612. The predicted molar refractivity (Wildman–Crippen MR) is 53.4 cm³/mol. The van der Waals surface area contributed by atoms with E-state index in [9.17, 15) is 10.2 Å². The second-order valence-corrected chi connectivity index (χ2v) is 6.16. The van der Waals surface area contributed by atoms with Gasteiger partial charge in [0.05, 0.1) is 5.60 Å². The van der Waals surface area contributed by atoms with E-state index in [4.69, 9.17) is 0 Å². The summed E-state index contributed by atoms with van der Waals surface area (Å²) in [4.78, 5) is 0. The van der Waals surface area contributed by atoms with Crippen LogP contribution in [0.5, 0.6) is 0 Å². The Morgan fingerprint density at radius 3 is 1.92 bits per heavy atom. The molecule has 2 heteroatoms. The van der Waals surface area contributed by atoms with E-state index in [1.54, 1.807) is 0 Å². The van der Waals surface area contributed by atoms with Crippen LogP contribution in [0.4, 0.5) is 0 Å². The highest BCUT2D eigenvalue weighted by atomic mass is 16.3. The van der Waals surface area contributed by atoms with Crippen molar-refractivity contribution in [3.63, 3.8) is 0 Å². The Kier molecular flexibility index (Phi) is 2.50. The standard InChI is InChI=1S/C11H22O2/c1-9(2)5-10(3,8-12)7-11(4,13)6-9/h12-13H,5-8H2,1-4H3/t10-,11+/m0/s1. The van der Waals surface area contributed by atoms with Crippen LogP contribution in [0, 0.1) is 10.8 Å². The van der Waals surface area contributed by atoms with Gasteiger partial charge in [0, 0.05) is 6.61 Å². The Morgan fingerprint density at radius 2 is 1.54 bits per heavy atom. The molecule has 0 aliphatic heterocycles. The molecule has 1 aliphatic carbocycles. The van der Waals surface area contributed by atoms with E-state index < -0.39 is 5.60 Å². The molecular formula is C11H22O2. The number of aliphatic hydroxyl groups is 2. The average molecular weight is 186 g/mol. The van der Waals surface area contributed by atoms with Gasteiger partial charge in [0.1, 0.15) is 0 Å². The summed E-state index contributed by atoms with van der Waals surface area (Å²) in [5.41, 5.74) is -0.580. The van der Waals surface area contributed by atoms with Gasteiger partial charge in [-0.2, -0.15) is 0 Å². The maximum absolute atomic E-state index is 10.1. The fraction of sp³-hybridized carbons (Fsp3) is 1.00. The van der Waals surface area contributed by atoms with E-state index in [1.165, 1.54) is 0 Å². The van der Waals surface area contributed by atoms with Crippen molar-refractivity contribution >= 4 is 0 Å². The van der Waals surface area contributed by atoms with Crippen molar-refractivity contribution < 1.29 is 10.2 Å². The van der Waals surface area contributed by atoms with Crippen LogP contribution < -0.4 is 0 Å². The van der Waals surface area contributed by atoms with Gasteiger partial charge in [-0.05, 0) is 37.0 Å². The Bertz CT molecular complexity index is 178. The Balaban J connectivity index is 2.84. The topological polar surface area (TPSA) is 40.5 Å². The van der Waals surface area contributed by atoms with Crippen molar-refractivity contribution in [1.82, 2.24) is 0 Å². The van der Waals surface area contributed by atoms with Crippen LogP contribution in [0.15, 0.2) is 0 Å². The fourth-order valence-corrected chi connectivity index (χ4v) is 3.41. The van der Waals surface area contributed by atoms with E-state index in [-0.39, 0.29) is 17.4 Å². The summed E-state index contributed by atoms with van der Waals surface area (Å²) < 4.78 is 0. The molecule has 2 nitrogen and oxygen atoms in total. The number of hydrogen-bond acceptors (Lipinski definition) is 2. The van der Waals surface area contributed by atoms with Crippen LogP contribution in [0.2, 0.25) is 0 Å². The Hall–Kier alpha value is -0.0800. The molecule has 0 radical (unpaired) electrons. The summed E-state index contributed by atoms with van der Waals surface area (Å²) in [6.07, 6.45) is 2.53. The van der Waals surface area contributed by atoms with E-state index in [2.05, 4.69) is 20.8 Å². The molecule has 0 saturated heterocycles. The highest BCUT2D eigenvalue weighted by molar-refractivity contribution is 4.96. The minimum absolute atomic E-state index is 0.106. The second-order valence-electron chi connectivity index (χ2n) is 6.16. The summed E-state index contributed by atoms with van der Waals surface area (Å²) in [7, 11) is 0. The normalized spacial score (nSPS) is 44.8. The molecule has 0 amide bonds. The van der Waals surface area contributed by atoms with Crippen LogP contribution in [-0.4, -0.2) is 22.4 Å². The molecule has 13 heavy (non-hydrogen) atoms. The fourth-order valence-electron chi connectivity index (χ4n) is 3.41. The van der Waals surface area contributed by atoms with Crippen molar-refractivity contribution in [2.45, 2.75) is 52.6 Å². The smallest absolute Gasteiger partial charge is 0.0630 e. The van der Waals surface area contributed by atoms with E-state index in [0.717, 1.165) is 12.8 Å². The molecule has 0 unspecified atom stereocenters. The zero-order chi connectivity index (χ0) is 10.3. The van der Waals surface area contributed by atoms with Crippen LogP contribution in [-0.2, 0) is 0 Å². The lowest BCUT2D eigenvalue weighted by atomic mass is 9.60. The van der Waals surface area contributed by atoms with Gasteiger partial charge in [-0.25, -0.2) is 0 Å². The first-order valence-corrected chi connectivity index (χ1v) is 5.01. The van der Waals surface area contributed by atoms with Crippen molar-refractivity contribution in [2.24, 2.45) is 10.8 Å². The second kappa shape index (κ2) is 2.96. The zero-order valence-electron chi connectivity index (χ0n) is 9.22. The quantitative estimate of drug-likeness (QED) is 0.657. The zero-order valence-corrected chi connectivity index (χ0v) is 9.22. The van der Waals surface area contributed by atoms with Crippen LogP contribution >= 0.6 is 0 Å². The number of hydrogen-bond donors (Lipinski definition) is 2. The molecule has 1 fully saturated rings. The summed E-state index contributed by atoms with van der Waals surface area (Å²) in [6, 6.07) is 0. The molecule has 1 aliphatic rings. The minimum Gasteiger partial charge on any atom is -0.396 e. The maximum Gasteiger partial charge on any atom is 0.0630 e. The third kappa shape index (κ3) is 2.68. The summed E-state index contributed by atoms with van der Waals surface area (Å²) in [5.74, 6) is 0. The van der Waals surface area contributed by atoms with Gasteiger partial charge in [-0.15, -0.1) is 0 Å². The Morgan fingerprint density at radius 1 is 1.00 bits per heavy atom. The van der Waals surface area contributed by atoms with Crippen LogP contribution in [0.3, 0.4) is 0 Å². The van der Waals surface area contributed by atoms with Crippen LogP contribution in [0.1, 0.15) is 47.0 Å². The van der Waals surface area contributed by atoms with Gasteiger partial charge in [-0.1, -0.05) is 20.8 Å². The van der Waals surface area contributed by atoms with Gasteiger partial charge < -0.3 is 10.2 Å². The predicted octanol–water partition coefficient (Wildman–Crippen LogP) is 1.95. The van der Waals surface area contributed by atoms with Crippen molar-refractivity contribution in [3.8, 4) is 0 Å². The number of rotatable bonds is 1. The third-order valence-electron chi connectivity index (χ3n) is 2.95. The lowest BCUT2D eigenvalue weighted by Crippen LogP contribution is -2.46. The van der Waals surface area contributed by atoms with Crippen molar-refractivity contribution in [2.75, 3.05) is 6.61 Å². The average Bonchev–Trinajstić information content (AvgIpc) is 1.79. The molecule has 0 spiro atoms. The molecule has 2 atom stereocenters. The van der Waals surface area contributed by atoms with Crippen molar-refractivity contribution in [3.05, 3.63) is 0 Å². The third-order valence-corrected chi connectivity index (χ3v) is 2.95. The number of aliphatic hydroxyl groups excluding tert-OH is 1. The summed E-state index contributed by atoms with van der Waals surface area (Å²) in [6.45, 7) is 8.43. The lowest BCUT2D eigenvalue weighted by molar-refractivity contribution is -0.0939. The molecule has 1 rings (SSSR count). The SMILES string of the molecule is CC1(C)C[C@@](C)(O)C[C@@](C)(CO)C1. The lowest BCUT2D eigenvalue weighted by Gasteiger charge is -2.48. The first kappa shape index (κ1) is 11.0. The van der Waals surface area contributed by atoms with E-state index >= 15 is 0 Å². The largest absolute Gasteiger partial charge is 0.396 e. The molecule has 78 valence electrons. The van der Waals surface area contributed by atoms with Crippen molar-refractivity contribution in [1.29, 1.82) is 0 Å². The molecular weight excluding hydrogens is 164 g/mol. The van der Waals surface area contributed by atoms with Gasteiger partial charge in [0.2, 0.25) is 0 Å². The molecule has 0 aromatic carbocycles. The van der Waals surface area contributed by atoms with E-state index in [1.807, 2.05) is 6.92 Å². The highest BCUT2D eigenvalue weighted by Gasteiger charge is 2.45. The van der Waals surface area contributed by atoms with Crippen LogP contribution in [0.25, 0.3) is 0 Å². The van der Waals surface area contributed by atoms with Gasteiger partial charge in [0.15, 0.2) is 0 Å². The first-order valence-electron chi connectivity index (χ1n) is 5.01. The molecule has 2 N–H and O–H groups in total. The van der Waals surface area contributed by atoms with Gasteiger partial charge in [-0.3, -0.25) is 0 Å². The first-order chi connectivity index (χ1) is 5.68. The molecule has 0 aromatic rings. The van der Waals surface area contributed by atoms with E-state index in [0.29, 0.717) is 6.42 Å². The molecule has 0 bridgehead atoms.